The lowest BCUT2D eigenvalue weighted by Gasteiger charge is -2.08. The van der Waals surface area contributed by atoms with Gasteiger partial charge >= 0.3 is 0 Å². The molecule has 0 saturated carbocycles. The highest BCUT2D eigenvalue weighted by Crippen LogP contribution is 2.31. The fourth-order valence-corrected chi connectivity index (χ4v) is 3.65. The highest BCUT2D eigenvalue weighted by molar-refractivity contribution is 7.80. The Labute approximate surface area is 167 Å². The summed E-state index contributed by atoms with van der Waals surface area (Å²) >= 11 is 6.51. The number of hydrogen-bond donors (Lipinski definition) is 3. The molecule has 0 fully saturated rings. The summed E-state index contributed by atoms with van der Waals surface area (Å²) in [7, 11) is 0. The van der Waals surface area contributed by atoms with E-state index in [1.54, 1.807) is 6.08 Å². The van der Waals surface area contributed by atoms with Gasteiger partial charge in [-0.1, -0.05) is 12.1 Å². The fourth-order valence-electron chi connectivity index (χ4n) is 2.31. The molecule has 6 nitrogen and oxygen atoms in total. The molecule has 1 aromatic heterocycles. The van der Waals surface area contributed by atoms with Crippen molar-refractivity contribution in [2.24, 2.45) is 5.73 Å². The van der Waals surface area contributed by atoms with Gasteiger partial charge in [-0.15, -0.1) is 11.3 Å². The number of nitrogens with one attached hydrogen (secondary N) is 2. The molecule has 2 rings (SSSR count). The summed E-state index contributed by atoms with van der Waals surface area (Å²) in [4.78, 5) is 24.6. The number of primary amides is 1. The number of nitrogens with two attached hydrogens (primary N) is 1. The van der Waals surface area contributed by atoms with Crippen molar-refractivity contribution in [2.45, 2.75) is 20.8 Å². The Bertz CT molecular complexity index is 886. The van der Waals surface area contributed by atoms with Gasteiger partial charge in [0, 0.05) is 11.0 Å². The molecule has 0 aliphatic carbocycles. The van der Waals surface area contributed by atoms with Gasteiger partial charge in [0.05, 0.1) is 12.2 Å². The standard InChI is InChI=1S/C19H21N3O3S2/c1-4-25-14-8-5-13(6-9-14)7-10-15(23)21-19(26)22-18-16(17(20)24)11(2)12(3)27-18/h5-10H,4H2,1-3H3,(H2,20,24)(H2,21,22,23,26)/b10-7+. The summed E-state index contributed by atoms with van der Waals surface area (Å²) in [6.45, 7) is 6.22. The first-order valence-electron chi connectivity index (χ1n) is 8.24. The Balaban J connectivity index is 1.97. The number of carbonyl (C=O) groups is 2. The van der Waals surface area contributed by atoms with Crippen molar-refractivity contribution in [3.05, 3.63) is 51.9 Å². The zero-order chi connectivity index (χ0) is 20.0. The average molecular weight is 404 g/mol. The largest absolute Gasteiger partial charge is 0.494 e. The first-order chi connectivity index (χ1) is 12.8. The topological polar surface area (TPSA) is 93.4 Å². The van der Waals surface area contributed by atoms with Crippen molar-refractivity contribution >= 4 is 51.6 Å². The van der Waals surface area contributed by atoms with Crippen LogP contribution in [0.5, 0.6) is 5.75 Å². The van der Waals surface area contributed by atoms with Crippen LogP contribution in [-0.4, -0.2) is 23.5 Å². The smallest absolute Gasteiger partial charge is 0.251 e. The SMILES string of the molecule is CCOc1ccc(/C=C/C(=O)NC(=S)Nc2sc(C)c(C)c2C(N)=O)cc1. The Morgan fingerprint density at radius 2 is 1.93 bits per heavy atom. The summed E-state index contributed by atoms with van der Waals surface area (Å²) in [5.41, 5.74) is 7.47. The molecule has 2 aromatic rings. The molecular formula is C19H21N3O3S2. The third-order valence-corrected chi connectivity index (χ3v) is 5.04. The maximum absolute atomic E-state index is 12.0. The molecule has 0 radical (unpaired) electrons. The van der Waals surface area contributed by atoms with E-state index in [-0.39, 0.29) is 11.0 Å². The number of carbonyl (C=O) groups excluding carboxylic acids is 2. The summed E-state index contributed by atoms with van der Waals surface area (Å²) in [6, 6.07) is 7.36. The molecule has 0 bridgehead atoms. The van der Waals surface area contributed by atoms with E-state index in [4.69, 9.17) is 22.7 Å². The van der Waals surface area contributed by atoms with Crippen LogP contribution in [0.1, 0.15) is 33.3 Å². The van der Waals surface area contributed by atoms with Gasteiger partial charge in [0.2, 0.25) is 5.91 Å². The van der Waals surface area contributed by atoms with Crippen molar-refractivity contribution in [1.82, 2.24) is 5.32 Å². The van der Waals surface area contributed by atoms with Gasteiger partial charge in [0.25, 0.3) is 5.91 Å². The number of ether oxygens (including phenoxy) is 1. The highest BCUT2D eigenvalue weighted by atomic mass is 32.1. The quantitative estimate of drug-likeness (QED) is 0.508. The Kier molecular flexibility index (Phi) is 7.09. The number of aryl methyl sites for hydroxylation is 1. The molecule has 0 saturated heterocycles. The molecule has 0 atom stereocenters. The van der Waals surface area contributed by atoms with Crippen LogP contribution in [0.2, 0.25) is 0 Å². The summed E-state index contributed by atoms with van der Waals surface area (Å²) < 4.78 is 5.37. The summed E-state index contributed by atoms with van der Waals surface area (Å²) in [5, 5.41) is 6.04. The predicted molar refractivity (Wildman–Crippen MR) is 113 cm³/mol. The van der Waals surface area contributed by atoms with Gasteiger partial charge in [-0.3, -0.25) is 14.9 Å². The lowest BCUT2D eigenvalue weighted by molar-refractivity contribution is -0.115. The number of thiocarbonyl (C=S) groups is 1. The molecule has 4 N–H and O–H groups in total. The molecule has 0 spiro atoms. The van der Waals surface area contributed by atoms with Crippen LogP contribution in [0, 0.1) is 13.8 Å². The molecule has 0 aliphatic heterocycles. The zero-order valence-electron chi connectivity index (χ0n) is 15.3. The van der Waals surface area contributed by atoms with Crippen molar-refractivity contribution in [3.63, 3.8) is 0 Å². The number of amides is 2. The van der Waals surface area contributed by atoms with Crippen molar-refractivity contribution in [2.75, 3.05) is 11.9 Å². The first-order valence-corrected chi connectivity index (χ1v) is 9.47. The van der Waals surface area contributed by atoms with Crippen LogP contribution in [-0.2, 0) is 4.79 Å². The molecular weight excluding hydrogens is 382 g/mol. The summed E-state index contributed by atoms with van der Waals surface area (Å²) in [6.07, 6.45) is 3.05. The van der Waals surface area contributed by atoms with Crippen molar-refractivity contribution in [3.8, 4) is 5.75 Å². The van der Waals surface area contributed by atoms with E-state index in [9.17, 15) is 9.59 Å². The lowest BCUT2D eigenvalue weighted by atomic mass is 10.1. The number of benzene rings is 1. The second kappa shape index (κ2) is 9.29. The van der Waals surface area contributed by atoms with E-state index in [0.29, 0.717) is 17.2 Å². The van der Waals surface area contributed by atoms with Crippen LogP contribution in [0.4, 0.5) is 5.00 Å². The third-order valence-electron chi connectivity index (χ3n) is 3.71. The lowest BCUT2D eigenvalue weighted by Crippen LogP contribution is -2.33. The maximum atomic E-state index is 12.0. The maximum Gasteiger partial charge on any atom is 0.251 e. The van der Waals surface area contributed by atoms with Crippen LogP contribution < -0.4 is 21.1 Å². The third kappa shape index (κ3) is 5.63. The number of anilines is 1. The second-order valence-electron chi connectivity index (χ2n) is 5.63. The molecule has 0 aliphatic rings. The van der Waals surface area contributed by atoms with Gasteiger partial charge in [-0.25, -0.2) is 0 Å². The van der Waals surface area contributed by atoms with Crippen molar-refractivity contribution < 1.29 is 14.3 Å². The normalized spacial score (nSPS) is 10.6. The van der Waals surface area contributed by atoms with Gasteiger partial charge in [-0.2, -0.15) is 0 Å². The van der Waals surface area contributed by atoms with E-state index in [1.807, 2.05) is 45.0 Å². The number of rotatable bonds is 6. The van der Waals surface area contributed by atoms with Crippen LogP contribution in [0.25, 0.3) is 6.08 Å². The molecule has 1 aromatic carbocycles. The van der Waals surface area contributed by atoms with Gasteiger partial charge < -0.3 is 15.8 Å². The minimum Gasteiger partial charge on any atom is -0.494 e. The van der Waals surface area contributed by atoms with Gasteiger partial charge in [-0.05, 0) is 62.3 Å². The zero-order valence-corrected chi connectivity index (χ0v) is 16.9. The highest BCUT2D eigenvalue weighted by Gasteiger charge is 2.18. The molecule has 142 valence electrons. The fraction of sp³-hybridized carbons (Fsp3) is 0.211. The minimum absolute atomic E-state index is 0.0973. The van der Waals surface area contributed by atoms with E-state index in [1.165, 1.54) is 17.4 Å². The number of thiophene rings is 1. The van der Waals surface area contributed by atoms with Gasteiger partial charge in [0.1, 0.15) is 10.8 Å². The summed E-state index contributed by atoms with van der Waals surface area (Å²) in [5.74, 6) is -0.146. The van der Waals surface area contributed by atoms with Crippen LogP contribution in [0.15, 0.2) is 30.3 Å². The molecule has 1 heterocycles. The van der Waals surface area contributed by atoms with E-state index in [0.717, 1.165) is 21.8 Å². The van der Waals surface area contributed by atoms with E-state index in [2.05, 4.69) is 10.6 Å². The molecule has 8 heteroatoms. The Morgan fingerprint density at radius 3 is 2.52 bits per heavy atom. The monoisotopic (exact) mass is 403 g/mol. The van der Waals surface area contributed by atoms with Crippen LogP contribution >= 0.6 is 23.6 Å². The van der Waals surface area contributed by atoms with Crippen molar-refractivity contribution in [1.29, 1.82) is 0 Å². The van der Waals surface area contributed by atoms with E-state index >= 15 is 0 Å². The molecule has 0 unspecified atom stereocenters. The first kappa shape index (κ1) is 20.6. The average Bonchev–Trinajstić information content (AvgIpc) is 2.88. The molecule has 2 amide bonds. The Hall–Kier alpha value is -2.71. The van der Waals surface area contributed by atoms with E-state index < -0.39 is 5.91 Å². The number of hydrogen-bond acceptors (Lipinski definition) is 5. The molecule has 27 heavy (non-hydrogen) atoms. The minimum atomic E-state index is -0.538. The predicted octanol–water partition coefficient (Wildman–Crippen LogP) is 3.39. The second-order valence-corrected chi connectivity index (χ2v) is 7.26. The Morgan fingerprint density at radius 1 is 1.26 bits per heavy atom. The van der Waals surface area contributed by atoms with Gasteiger partial charge in [0.15, 0.2) is 5.11 Å². The van der Waals surface area contributed by atoms with Crippen LogP contribution in [0.3, 0.4) is 0 Å².